The molecule has 1 amide bonds. The first-order valence-electron chi connectivity index (χ1n) is 8.25. The third kappa shape index (κ3) is 3.67. The predicted octanol–water partition coefficient (Wildman–Crippen LogP) is 3.90. The number of ether oxygens (including phenoxy) is 1. The van der Waals surface area contributed by atoms with E-state index in [9.17, 15) is 9.59 Å². The van der Waals surface area contributed by atoms with Crippen LogP contribution in [0.25, 0.3) is 0 Å². The largest absolute Gasteiger partial charge is 0.451 e. The Morgan fingerprint density at radius 2 is 2.00 bits per heavy atom. The second-order valence-electron chi connectivity index (χ2n) is 6.03. The van der Waals surface area contributed by atoms with E-state index in [1.54, 1.807) is 0 Å². The van der Waals surface area contributed by atoms with Gasteiger partial charge in [-0.3, -0.25) is 4.79 Å². The Balaban J connectivity index is 1.54. The number of anilines is 1. The number of carbonyl (C=O) groups excluding carboxylic acids is 2. The Hall–Kier alpha value is -2.14. The van der Waals surface area contributed by atoms with Crippen molar-refractivity contribution in [2.45, 2.75) is 39.5 Å². The molecule has 0 bridgehead atoms. The molecular weight excluding hydrogens is 322 g/mol. The van der Waals surface area contributed by atoms with E-state index in [4.69, 9.17) is 4.74 Å². The van der Waals surface area contributed by atoms with E-state index >= 15 is 0 Å². The van der Waals surface area contributed by atoms with Crippen LogP contribution in [-0.4, -0.2) is 18.5 Å². The van der Waals surface area contributed by atoms with Crippen LogP contribution in [0.3, 0.4) is 0 Å². The lowest BCUT2D eigenvalue weighted by Gasteiger charge is -2.08. The van der Waals surface area contributed by atoms with Crippen LogP contribution in [0.15, 0.2) is 24.3 Å². The van der Waals surface area contributed by atoms with Crippen LogP contribution in [-0.2, 0) is 28.8 Å². The zero-order valence-electron chi connectivity index (χ0n) is 14.0. The topological polar surface area (TPSA) is 55.4 Å². The number of benzene rings is 1. The summed E-state index contributed by atoms with van der Waals surface area (Å²) in [6.07, 6.45) is 4.24. The molecule has 1 aromatic carbocycles. The maximum Gasteiger partial charge on any atom is 0.348 e. The highest BCUT2D eigenvalue weighted by molar-refractivity contribution is 7.14. The molecule has 126 valence electrons. The first-order valence-corrected chi connectivity index (χ1v) is 9.06. The van der Waals surface area contributed by atoms with Crippen LogP contribution < -0.4 is 5.32 Å². The summed E-state index contributed by atoms with van der Waals surface area (Å²) in [7, 11) is 0. The molecule has 1 aromatic heterocycles. The van der Waals surface area contributed by atoms with Crippen molar-refractivity contribution in [2.75, 3.05) is 11.9 Å². The lowest BCUT2D eigenvalue weighted by molar-refractivity contribution is -0.119. The zero-order chi connectivity index (χ0) is 17.1. The fourth-order valence-corrected chi connectivity index (χ4v) is 4.03. The summed E-state index contributed by atoms with van der Waals surface area (Å²) >= 11 is 1.43. The minimum absolute atomic E-state index is 0.270. The van der Waals surface area contributed by atoms with Crippen LogP contribution in [0.4, 0.5) is 5.69 Å². The Labute approximate surface area is 145 Å². The third-order valence-electron chi connectivity index (χ3n) is 4.26. The molecule has 4 nitrogen and oxygen atoms in total. The van der Waals surface area contributed by atoms with Crippen molar-refractivity contribution in [3.63, 3.8) is 0 Å². The summed E-state index contributed by atoms with van der Waals surface area (Å²) in [5.74, 6) is -0.753. The first kappa shape index (κ1) is 16.7. The Morgan fingerprint density at radius 1 is 1.21 bits per heavy atom. The van der Waals surface area contributed by atoms with Crippen molar-refractivity contribution < 1.29 is 14.3 Å². The molecule has 1 aliphatic carbocycles. The molecule has 24 heavy (non-hydrogen) atoms. The van der Waals surface area contributed by atoms with Crippen LogP contribution in [0, 0.1) is 6.92 Å². The van der Waals surface area contributed by atoms with Crippen LogP contribution in [0.1, 0.15) is 44.6 Å². The van der Waals surface area contributed by atoms with Gasteiger partial charge in [0.2, 0.25) is 0 Å². The molecule has 0 saturated heterocycles. The van der Waals surface area contributed by atoms with Gasteiger partial charge in [-0.05, 0) is 67.5 Å². The van der Waals surface area contributed by atoms with Crippen LogP contribution in [0.5, 0.6) is 0 Å². The highest BCUT2D eigenvalue weighted by Crippen LogP contribution is 2.25. The van der Waals surface area contributed by atoms with E-state index in [1.807, 2.05) is 25.1 Å². The minimum Gasteiger partial charge on any atom is -0.451 e. The van der Waals surface area contributed by atoms with Gasteiger partial charge in [0.25, 0.3) is 5.91 Å². The lowest BCUT2D eigenvalue weighted by atomic mass is 10.1. The molecule has 1 N–H and O–H groups in total. The monoisotopic (exact) mass is 343 g/mol. The highest BCUT2D eigenvalue weighted by atomic mass is 32.1. The molecule has 0 aliphatic heterocycles. The molecule has 1 heterocycles. The summed E-state index contributed by atoms with van der Waals surface area (Å²) in [6.45, 7) is 3.76. The molecule has 5 heteroatoms. The molecule has 3 rings (SSSR count). The van der Waals surface area contributed by atoms with Crippen LogP contribution in [0.2, 0.25) is 0 Å². The van der Waals surface area contributed by atoms with E-state index in [0.717, 1.165) is 30.5 Å². The van der Waals surface area contributed by atoms with Crippen molar-refractivity contribution in [1.29, 1.82) is 0 Å². The van der Waals surface area contributed by atoms with E-state index in [2.05, 4.69) is 18.3 Å². The predicted molar refractivity (Wildman–Crippen MR) is 95.8 cm³/mol. The number of esters is 1. The van der Waals surface area contributed by atoms with Gasteiger partial charge in [-0.15, -0.1) is 11.3 Å². The number of carbonyl (C=O) groups is 2. The number of rotatable bonds is 5. The minimum atomic E-state index is -0.438. The van der Waals surface area contributed by atoms with Crippen molar-refractivity contribution in [3.05, 3.63) is 50.7 Å². The molecule has 1 aliphatic rings. The zero-order valence-corrected chi connectivity index (χ0v) is 14.8. The Kier molecular flexibility index (Phi) is 5.00. The number of hydrogen-bond acceptors (Lipinski definition) is 4. The fourth-order valence-electron chi connectivity index (χ4n) is 3.02. The number of fused-ring (bicyclic) bond motifs is 1. The summed E-state index contributed by atoms with van der Waals surface area (Å²) < 4.78 is 5.13. The molecule has 0 radical (unpaired) electrons. The molecule has 0 unspecified atom stereocenters. The van der Waals surface area contributed by atoms with Gasteiger partial charge in [-0.1, -0.05) is 13.0 Å². The molecule has 0 atom stereocenters. The molecular formula is C19H21NO3S. The van der Waals surface area contributed by atoms with Gasteiger partial charge in [0.1, 0.15) is 4.88 Å². The van der Waals surface area contributed by atoms with Gasteiger partial charge >= 0.3 is 5.97 Å². The van der Waals surface area contributed by atoms with Gasteiger partial charge in [-0.2, -0.15) is 0 Å². The number of thiophene rings is 1. The van der Waals surface area contributed by atoms with E-state index in [0.29, 0.717) is 4.88 Å². The van der Waals surface area contributed by atoms with Crippen molar-refractivity contribution >= 4 is 28.9 Å². The Morgan fingerprint density at radius 3 is 2.75 bits per heavy atom. The van der Waals surface area contributed by atoms with Crippen LogP contribution >= 0.6 is 11.3 Å². The van der Waals surface area contributed by atoms with Gasteiger partial charge < -0.3 is 10.1 Å². The molecule has 0 saturated carbocycles. The summed E-state index contributed by atoms with van der Waals surface area (Å²) in [5, 5.41) is 2.79. The van der Waals surface area contributed by atoms with E-state index in [-0.39, 0.29) is 12.5 Å². The number of amides is 1. The third-order valence-corrected chi connectivity index (χ3v) is 5.62. The average Bonchev–Trinajstić information content (AvgIpc) is 3.18. The van der Waals surface area contributed by atoms with Gasteiger partial charge in [0.15, 0.2) is 6.61 Å². The highest BCUT2D eigenvalue weighted by Gasteiger charge is 2.15. The second-order valence-corrected chi connectivity index (χ2v) is 7.17. The number of hydrogen-bond donors (Lipinski definition) is 1. The average molecular weight is 343 g/mol. The quantitative estimate of drug-likeness (QED) is 0.838. The molecule has 0 spiro atoms. The normalized spacial score (nSPS) is 12.8. The van der Waals surface area contributed by atoms with Crippen molar-refractivity contribution in [2.24, 2.45) is 0 Å². The van der Waals surface area contributed by atoms with Gasteiger partial charge in [0.05, 0.1) is 0 Å². The maximum absolute atomic E-state index is 12.0. The molecule has 2 aromatic rings. The van der Waals surface area contributed by atoms with Crippen molar-refractivity contribution in [3.8, 4) is 0 Å². The summed E-state index contributed by atoms with van der Waals surface area (Å²) in [6, 6.07) is 7.80. The fraction of sp³-hybridized carbons (Fsp3) is 0.368. The second kappa shape index (κ2) is 7.18. The smallest absolute Gasteiger partial charge is 0.348 e. The summed E-state index contributed by atoms with van der Waals surface area (Å²) in [5.41, 5.74) is 4.51. The Bertz CT molecular complexity index is 779. The SMILES string of the molecule is CCc1sc(C(=O)OCC(=O)Nc2ccc3c(c2)CCC3)cc1C. The lowest BCUT2D eigenvalue weighted by Crippen LogP contribution is -2.20. The maximum atomic E-state index is 12.0. The van der Waals surface area contributed by atoms with Crippen molar-refractivity contribution in [1.82, 2.24) is 0 Å². The standard InChI is InChI=1S/C19H21NO3S/c1-3-16-12(2)9-17(24-16)19(22)23-11-18(21)20-15-8-7-13-5-4-6-14(13)10-15/h7-10H,3-6,11H2,1-2H3,(H,20,21). The number of aryl methyl sites for hydroxylation is 4. The van der Waals surface area contributed by atoms with Gasteiger partial charge in [0, 0.05) is 10.6 Å². The number of nitrogens with one attached hydrogen (secondary N) is 1. The first-order chi connectivity index (χ1) is 11.6. The van der Waals surface area contributed by atoms with E-state index in [1.165, 1.54) is 33.8 Å². The molecule has 0 fully saturated rings. The summed E-state index contributed by atoms with van der Waals surface area (Å²) in [4.78, 5) is 25.8. The van der Waals surface area contributed by atoms with Gasteiger partial charge in [-0.25, -0.2) is 4.79 Å². The van der Waals surface area contributed by atoms with E-state index < -0.39 is 5.97 Å².